The van der Waals surface area contributed by atoms with Crippen molar-refractivity contribution in [2.45, 2.75) is 26.3 Å². The number of carboxylic acid groups (broad SMARTS) is 1. The number of aromatic carboxylic acids is 1. The summed E-state index contributed by atoms with van der Waals surface area (Å²) in [5.41, 5.74) is 3.72. The molecule has 1 amide bonds. The van der Waals surface area contributed by atoms with Crippen LogP contribution in [0.5, 0.6) is 0 Å². The van der Waals surface area contributed by atoms with Gasteiger partial charge in [0.2, 0.25) is 0 Å². The number of thiazole rings is 1. The van der Waals surface area contributed by atoms with E-state index in [2.05, 4.69) is 15.2 Å². The van der Waals surface area contributed by atoms with Crippen molar-refractivity contribution in [1.82, 2.24) is 15.3 Å². The highest BCUT2D eigenvalue weighted by Gasteiger charge is 2.57. The molecule has 172 valence electrons. The van der Waals surface area contributed by atoms with Crippen LogP contribution in [0.4, 0.5) is 5.13 Å². The Balaban J connectivity index is 1.26. The molecule has 1 aromatic carbocycles. The summed E-state index contributed by atoms with van der Waals surface area (Å²) in [6, 6.07) is 8.00. The number of anilines is 1. The highest BCUT2D eigenvalue weighted by atomic mass is 35.5. The Morgan fingerprint density at radius 2 is 1.91 bits per heavy atom. The summed E-state index contributed by atoms with van der Waals surface area (Å²) < 4.78 is 0. The van der Waals surface area contributed by atoms with Crippen LogP contribution in [-0.2, 0) is 6.42 Å². The van der Waals surface area contributed by atoms with Crippen molar-refractivity contribution in [3.05, 3.63) is 67.4 Å². The predicted octanol–water partition coefficient (Wildman–Crippen LogP) is 4.55. The van der Waals surface area contributed by atoms with Crippen LogP contribution in [0.25, 0.3) is 0 Å². The van der Waals surface area contributed by atoms with Crippen LogP contribution < -0.4 is 10.2 Å². The number of nitrogens with zero attached hydrogens (tertiary/aromatic N) is 2. The lowest BCUT2D eigenvalue weighted by Gasteiger charge is -2.19. The molecule has 10 heteroatoms. The van der Waals surface area contributed by atoms with Crippen molar-refractivity contribution >= 4 is 51.5 Å². The second kappa shape index (κ2) is 8.34. The van der Waals surface area contributed by atoms with Gasteiger partial charge in [-0.25, -0.2) is 9.78 Å². The monoisotopic (exact) mass is 504 g/mol. The highest BCUT2D eigenvalue weighted by molar-refractivity contribution is 7.17. The van der Waals surface area contributed by atoms with Gasteiger partial charge >= 0.3 is 5.97 Å². The summed E-state index contributed by atoms with van der Waals surface area (Å²) in [5, 5.41) is 14.1. The molecule has 0 bridgehead atoms. The first-order valence-corrected chi connectivity index (χ1v) is 12.2. The molecule has 1 aliphatic heterocycles. The fourth-order valence-corrected chi connectivity index (χ4v) is 5.95. The topological polar surface area (TPSA) is 98.3 Å². The van der Waals surface area contributed by atoms with Crippen molar-refractivity contribution in [3.8, 4) is 0 Å². The Morgan fingerprint density at radius 1 is 1.21 bits per heavy atom. The smallest absolute Gasteiger partial charge is 0.347 e. The zero-order chi connectivity index (χ0) is 23.4. The van der Waals surface area contributed by atoms with Crippen molar-refractivity contribution in [2.24, 2.45) is 11.8 Å². The number of carboxylic acids is 1. The summed E-state index contributed by atoms with van der Waals surface area (Å²) in [5.74, 6) is -0.606. The predicted molar refractivity (Wildman–Crippen MR) is 129 cm³/mol. The fourth-order valence-electron chi connectivity index (χ4n) is 4.60. The van der Waals surface area contributed by atoms with Crippen molar-refractivity contribution < 1.29 is 14.7 Å². The van der Waals surface area contributed by atoms with Gasteiger partial charge in [0, 0.05) is 43.1 Å². The molecule has 3 atom stereocenters. The normalized spacial score (nSPS) is 21.2. The van der Waals surface area contributed by atoms with Gasteiger partial charge in [-0.3, -0.25) is 4.79 Å². The number of aryl methyl sites for hydroxylation is 2. The molecule has 1 saturated carbocycles. The standard InChI is InChI=1S/C23H22Cl2N4O3S/c1-10-5-3-4-6-12(10)7-15-20(22(31)32)33-23(27-15)29-8-13-14(9-29)18(13)28-21(30)19-17(25)16(24)11(2)26-19/h3-6,13-14,18,26H,7-9H2,1-2H3,(H,28,30)(H,31,32)/t13-,14+,18-. The van der Waals surface area contributed by atoms with Crippen molar-refractivity contribution in [2.75, 3.05) is 18.0 Å². The number of aromatic nitrogens is 2. The lowest BCUT2D eigenvalue weighted by Crippen LogP contribution is -2.34. The van der Waals surface area contributed by atoms with E-state index in [1.165, 1.54) is 11.3 Å². The van der Waals surface area contributed by atoms with Crippen molar-refractivity contribution in [1.29, 1.82) is 0 Å². The van der Waals surface area contributed by atoms with Crippen molar-refractivity contribution in [3.63, 3.8) is 0 Å². The summed E-state index contributed by atoms with van der Waals surface area (Å²) >= 11 is 13.5. The number of benzene rings is 1. The zero-order valence-electron chi connectivity index (χ0n) is 18.0. The van der Waals surface area contributed by atoms with Crippen LogP contribution in [0.15, 0.2) is 24.3 Å². The lowest BCUT2D eigenvalue weighted by molar-refractivity contribution is 0.0700. The first kappa shape index (κ1) is 22.3. The second-order valence-corrected chi connectivity index (χ2v) is 10.4. The minimum atomic E-state index is -0.950. The van der Waals surface area contributed by atoms with Gasteiger partial charge in [0.25, 0.3) is 5.91 Å². The Labute approximate surface area is 204 Å². The Bertz CT molecular complexity index is 1260. The molecule has 0 unspecified atom stereocenters. The lowest BCUT2D eigenvalue weighted by atomic mass is 10.0. The quantitative estimate of drug-likeness (QED) is 0.457. The van der Waals surface area contributed by atoms with Crippen LogP contribution in [0, 0.1) is 25.7 Å². The molecular weight excluding hydrogens is 483 g/mol. The SMILES string of the molecule is Cc1ccccc1Cc1nc(N2C[C@@H]3[C@H](C2)[C@@H]3NC(=O)c2[nH]c(C)c(Cl)c2Cl)sc1C(=O)O. The maximum atomic E-state index is 12.6. The van der Waals surface area contributed by atoms with Gasteiger partial charge in [0.05, 0.1) is 15.7 Å². The minimum absolute atomic E-state index is 0.0672. The number of amides is 1. The van der Waals surface area contributed by atoms with E-state index in [-0.39, 0.29) is 27.5 Å². The molecule has 5 rings (SSSR count). The Hall–Kier alpha value is -2.55. The van der Waals surface area contributed by atoms with Crippen LogP contribution in [0.2, 0.25) is 10.0 Å². The average molecular weight is 505 g/mol. The van der Waals surface area contributed by atoms with E-state index in [1.54, 1.807) is 6.92 Å². The van der Waals surface area contributed by atoms with E-state index in [0.29, 0.717) is 34.7 Å². The number of nitrogens with one attached hydrogen (secondary N) is 2. The van der Waals surface area contributed by atoms with E-state index in [1.807, 2.05) is 31.2 Å². The third-order valence-corrected chi connectivity index (χ3v) is 8.64. The van der Waals surface area contributed by atoms with Crippen LogP contribution in [-0.4, -0.2) is 46.1 Å². The molecule has 7 nitrogen and oxygen atoms in total. The summed E-state index contributed by atoms with van der Waals surface area (Å²) in [7, 11) is 0. The van der Waals surface area contributed by atoms with Gasteiger partial charge in [0.15, 0.2) is 5.13 Å². The van der Waals surface area contributed by atoms with E-state index >= 15 is 0 Å². The molecule has 0 radical (unpaired) electrons. The number of hydrogen-bond acceptors (Lipinski definition) is 5. The van der Waals surface area contributed by atoms with Gasteiger partial charge in [-0.2, -0.15) is 0 Å². The average Bonchev–Trinajstić information content (AvgIpc) is 3.14. The Kier molecular flexibility index (Phi) is 5.63. The molecular formula is C23H22Cl2N4O3S. The number of aromatic amines is 1. The molecule has 3 aromatic rings. The molecule has 2 aliphatic rings. The van der Waals surface area contributed by atoms with Crippen LogP contribution in [0.1, 0.15) is 42.7 Å². The summed E-state index contributed by atoms with van der Waals surface area (Å²) in [4.78, 5) is 34.5. The molecule has 3 N–H and O–H groups in total. The third kappa shape index (κ3) is 4.00. The number of H-pyrrole nitrogens is 1. The maximum absolute atomic E-state index is 12.6. The maximum Gasteiger partial charge on any atom is 0.347 e. The van der Waals surface area contributed by atoms with Gasteiger partial charge in [-0.1, -0.05) is 58.8 Å². The Morgan fingerprint density at radius 3 is 2.52 bits per heavy atom. The first-order valence-electron chi connectivity index (χ1n) is 10.6. The molecule has 2 aromatic heterocycles. The molecule has 0 spiro atoms. The number of fused-ring (bicyclic) bond motifs is 1. The van der Waals surface area contributed by atoms with E-state index in [4.69, 9.17) is 28.2 Å². The van der Waals surface area contributed by atoms with E-state index in [0.717, 1.165) is 29.3 Å². The van der Waals surface area contributed by atoms with Gasteiger partial charge in [-0.15, -0.1) is 0 Å². The number of piperidine rings is 1. The second-order valence-electron chi connectivity index (χ2n) is 8.67. The molecule has 33 heavy (non-hydrogen) atoms. The van der Waals surface area contributed by atoms with Crippen LogP contribution >= 0.6 is 34.5 Å². The molecule has 3 heterocycles. The molecule has 2 fully saturated rings. The first-order chi connectivity index (χ1) is 15.7. The number of carbonyl (C=O) groups is 2. The number of hydrogen-bond donors (Lipinski definition) is 3. The van der Waals surface area contributed by atoms with Gasteiger partial charge < -0.3 is 20.3 Å². The van der Waals surface area contributed by atoms with E-state index < -0.39 is 5.97 Å². The summed E-state index contributed by atoms with van der Waals surface area (Å²) in [6.45, 7) is 5.23. The third-order valence-electron chi connectivity index (χ3n) is 6.54. The number of halogens is 2. The number of rotatable bonds is 6. The molecule has 1 saturated heterocycles. The zero-order valence-corrected chi connectivity index (χ0v) is 20.3. The minimum Gasteiger partial charge on any atom is -0.477 e. The van der Waals surface area contributed by atoms with Gasteiger partial charge in [-0.05, 0) is 25.0 Å². The molecule has 1 aliphatic carbocycles. The fraction of sp³-hybridized carbons (Fsp3) is 0.348. The van der Waals surface area contributed by atoms with Crippen LogP contribution in [0.3, 0.4) is 0 Å². The number of carbonyl (C=O) groups excluding carboxylic acids is 1. The summed E-state index contributed by atoms with van der Waals surface area (Å²) in [6.07, 6.45) is 0.489. The highest BCUT2D eigenvalue weighted by Crippen LogP contribution is 2.48. The van der Waals surface area contributed by atoms with Gasteiger partial charge in [0.1, 0.15) is 10.6 Å². The largest absolute Gasteiger partial charge is 0.477 e. The van der Waals surface area contributed by atoms with E-state index in [9.17, 15) is 14.7 Å².